The van der Waals surface area contributed by atoms with Crippen LogP contribution in [0.2, 0.25) is 0 Å². The van der Waals surface area contributed by atoms with Gasteiger partial charge in [-0.05, 0) is 49.3 Å². The summed E-state index contributed by atoms with van der Waals surface area (Å²) in [5, 5.41) is 9.49. The quantitative estimate of drug-likeness (QED) is 0.0304. The van der Waals surface area contributed by atoms with E-state index in [1.165, 1.54) is 0 Å². The van der Waals surface area contributed by atoms with Gasteiger partial charge in [-0.1, -0.05) is 18.6 Å². The topological polar surface area (TPSA) is 207 Å². The van der Waals surface area contributed by atoms with Gasteiger partial charge in [0.25, 0.3) is 5.08 Å². The molecule has 41 heavy (non-hydrogen) atoms. The Bertz CT molecular complexity index is 1050. The van der Waals surface area contributed by atoms with Gasteiger partial charge in [0.2, 0.25) is 5.91 Å². The number of carbonyl (C=O) groups is 2. The van der Waals surface area contributed by atoms with E-state index in [0.717, 1.165) is 12.0 Å². The SMILES string of the molecule is N[C@@H](Cc1ccc([N+](C=O)(CCCl)CCCl)cc1)C(=O)NC1CCCC1CCC(O)(P(=O)(O)O)P(=O)(O)O.[H-].[H-].[H-].[Na+].[Na+].[Na+]. The van der Waals surface area contributed by atoms with Gasteiger partial charge in [-0.15, -0.1) is 23.2 Å². The summed E-state index contributed by atoms with van der Waals surface area (Å²) in [4.78, 5) is 62.0. The molecular formula is C22H39Cl2N3Na3O9P2+. The van der Waals surface area contributed by atoms with Gasteiger partial charge >= 0.3 is 110 Å². The molecule has 1 saturated carbocycles. The van der Waals surface area contributed by atoms with E-state index >= 15 is 0 Å². The first-order chi connectivity index (χ1) is 17.6. The van der Waals surface area contributed by atoms with E-state index in [1.54, 1.807) is 24.3 Å². The van der Waals surface area contributed by atoms with Crippen molar-refractivity contribution in [3.63, 3.8) is 0 Å². The van der Waals surface area contributed by atoms with Crippen LogP contribution in [0, 0.1) is 5.92 Å². The van der Waals surface area contributed by atoms with Crippen molar-refractivity contribution in [2.24, 2.45) is 11.7 Å². The molecule has 12 nitrogen and oxygen atoms in total. The summed E-state index contributed by atoms with van der Waals surface area (Å²) in [6.45, 7) is 0.753. The first-order valence-electron chi connectivity index (χ1n) is 12.1. The van der Waals surface area contributed by atoms with Crippen molar-refractivity contribution in [2.75, 3.05) is 24.8 Å². The molecule has 0 bridgehead atoms. The van der Waals surface area contributed by atoms with Gasteiger partial charge < -0.3 is 40.0 Å². The van der Waals surface area contributed by atoms with Crippen molar-refractivity contribution in [2.45, 2.75) is 55.7 Å². The van der Waals surface area contributed by atoms with Gasteiger partial charge in [-0.25, -0.2) is 9.28 Å². The van der Waals surface area contributed by atoms with Crippen molar-refractivity contribution in [1.29, 1.82) is 0 Å². The molecule has 0 aliphatic heterocycles. The maximum Gasteiger partial charge on any atom is 1.00 e. The van der Waals surface area contributed by atoms with Crippen LogP contribution in [-0.4, -0.2) is 79.0 Å². The number of quaternary nitrogens is 1. The second-order valence-electron chi connectivity index (χ2n) is 9.65. The Morgan fingerprint density at radius 2 is 1.59 bits per heavy atom. The Morgan fingerprint density at radius 1 is 1.07 bits per heavy atom. The van der Waals surface area contributed by atoms with Crippen LogP contribution in [0.4, 0.5) is 5.69 Å². The average molecular weight is 691 g/mol. The molecule has 2 amide bonds. The normalized spacial score (nSPS) is 18.3. The molecule has 19 heteroatoms. The van der Waals surface area contributed by atoms with Crippen LogP contribution >= 0.6 is 38.4 Å². The average Bonchev–Trinajstić information content (AvgIpc) is 3.28. The predicted molar refractivity (Wildman–Crippen MR) is 148 cm³/mol. The molecule has 0 radical (unpaired) electrons. The molecule has 0 spiro atoms. The van der Waals surface area contributed by atoms with Gasteiger partial charge in [0, 0.05) is 12.5 Å². The number of hydrogen-bond acceptors (Lipinski definition) is 6. The van der Waals surface area contributed by atoms with Gasteiger partial charge in [-0.2, -0.15) is 0 Å². The molecule has 1 aromatic rings. The van der Waals surface area contributed by atoms with Crippen molar-refractivity contribution < 1.29 is 136 Å². The van der Waals surface area contributed by atoms with Crippen LogP contribution in [0.5, 0.6) is 0 Å². The van der Waals surface area contributed by atoms with Gasteiger partial charge in [0.1, 0.15) is 18.8 Å². The third kappa shape index (κ3) is 12.0. The molecule has 2 unspecified atom stereocenters. The number of alkyl halides is 2. The summed E-state index contributed by atoms with van der Waals surface area (Å²) in [5.74, 6) is -0.271. The molecule has 0 saturated heterocycles. The van der Waals surface area contributed by atoms with E-state index in [1.807, 2.05) is 0 Å². The zero-order valence-corrected chi connectivity index (χ0v) is 33.0. The molecule has 222 valence electrons. The largest absolute Gasteiger partial charge is 1.00 e. The molecule has 1 aliphatic rings. The summed E-state index contributed by atoms with van der Waals surface area (Å²) in [6.07, 6.45) is 1.83. The van der Waals surface area contributed by atoms with Crippen LogP contribution < -0.4 is 104 Å². The molecule has 0 aromatic heterocycles. The molecular weight excluding hydrogens is 652 g/mol. The molecule has 3 atom stereocenters. The molecule has 1 aliphatic carbocycles. The fraction of sp³-hybridized carbons (Fsp3) is 0.636. The Kier molecular flexibility index (Phi) is 21.7. The number of benzene rings is 1. The monoisotopic (exact) mass is 690 g/mol. The van der Waals surface area contributed by atoms with Crippen molar-refractivity contribution >= 4 is 56.4 Å². The molecule has 2 rings (SSSR count). The van der Waals surface area contributed by atoms with E-state index < -0.39 is 44.7 Å². The summed E-state index contributed by atoms with van der Waals surface area (Å²) in [5.41, 5.74) is 7.59. The van der Waals surface area contributed by atoms with Crippen molar-refractivity contribution in [3.05, 3.63) is 29.8 Å². The molecule has 8 N–H and O–H groups in total. The second kappa shape index (κ2) is 19.7. The molecule has 1 fully saturated rings. The Balaban J connectivity index is -0.000000845. The molecule has 0 heterocycles. The maximum absolute atomic E-state index is 12.8. The second-order valence-corrected chi connectivity index (χ2v) is 14.4. The fourth-order valence-electron chi connectivity index (χ4n) is 4.82. The smallest absolute Gasteiger partial charge is 1.00 e. The van der Waals surface area contributed by atoms with Crippen LogP contribution in [0.3, 0.4) is 0 Å². The minimum Gasteiger partial charge on any atom is -1.00 e. The number of rotatable bonds is 15. The maximum atomic E-state index is 12.8. The van der Waals surface area contributed by atoms with E-state index in [-0.39, 0.29) is 128 Å². The first-order valence-corrected chi connectivity index (χ1v) is 16.4. The number of carbonyl (C=O) groups excluding carboxylic acids is 2. The fourth-order valence-corrected chi connectivity index (χ4v) is 7.62. The van der Waals surface area contributed by atoms with Gasteiger partial charge in [0.05, 0.1) is 17.8 Å². The van der Waals surface area contributed by atoms with E-state index in [2.05, 4.69) is 5.32 Å². The first kappa shape index (κ1) is 45.2. The minimum atomic E-state index is -5.54. The third-order valence-corrected chi connectivity index (χ3v) is 11.4. The van der Waals surface area contributed by atoms with Crippen molar-refractivity contribution in [3.8, 4) is 0 Å². The summed E-state index contributed by atoms with van der Waals surface area (Å²) >= 11 is 11.8. The zero-order chi connectivity index (χ0) is 28.8. The minimum absolute atomic E-state index is 0. The van der Waals surface area contributed by atoms with Crippen molar-refractivity contribution in [1.82, 2.24) is 9.80 Å². The summed E-state index contributed by atoms with van der Waals surface area (Å²) in [7, 11) is -11.1. The number of amides is 2. The summed E-state index contributed by atoms with van der Waals surface area (Å²) < 4.78 is 23.2. The number of nitrogens with zero attached hydrogens (tertiary/aromatic N) is 1. The number of nitrogens with one attached hydrogen (secondary N) is 1. The Morgan fingerprint density at radius 3 is 2.02 bits per heavy atom. The molecule has 1 aromatic carbocycles. The van der Waals surface area contributed by atoms with Gasteiger partial charge in [-0.3, -0.25) is 13.9 Å². The third-order valence-electron chi connectivity index (χ3n) is 7.18. The van der Waals surface area contributed by atoms with Crippen LogP contribution in [0.15, 0.2) is 24.3 Å². The van der Waals surface area contributed by atoms with E-state index in [0.29, 0.717) is 38.0 Å². The number of halogens is 2. The van der Waals surface area contributed by atoms with Crippen LogP contribution in [0.1, 0.15) is 41.9 Å². The van der Waals surface area contributed by atoms with Gasteiger partial charge in [0.15, 0.2) is 0 Å². The van der Waals surface area contributed by atoms with E-state index in [4.69, 9.17) is 28.9 Å². The number of nitrogens with two attached hydrogens (primary N) is 1. The zero-order valence-electron chi connectivity index (χ0n) is 26.7. The summed E-state index contributed by atoms with van der Waals surface area (Å²) in [6, 6.07) is 5.73. The standard InChI is InChI=1S/C22H35Cl2N3O9P2.3Na.3H/c23-10-12-27(15-28,13-11-24)18-6-4-16(5-7-18)14-19(25)21(29)26-20-3-1-2-17(20)8-9-22(30,37(31,32)33)38(34,35)36;;;;;;/h4-7,15,17,19-20,30H,1-3,8-14,25H2,(H4-,26,29,31,32,33,34,35,36);;;;;;/q;3*+1;3*-1/p+1/t17?,19-,20?;;;;;;/m0....../s1. The Labute approximate surface area is 321 Å². The predicted octanol–water partition coefficient (Wildman–Crippen LogP) is -7.09. The van der Waals surface area contributed by atoms with Crippen LogP contribution in [0.25, 0.3) is 0 Å². The van der Waals surface area contributed by atoms with Crippen LogP contribution in [-0.2, 0) is 25.1 Å². The Hall–Kier alpha value is 2.12. The number of aliphatic hydroxyl groups is 1. The van der Waals surface area contributed by atoms with E-state index in [9.17, 15) is 43.4 Å². The number of hydrogen-bond donors (Lipinski definition) is 7.